The quantitative estimate of drug-likeness (QED) is 0.417. The van der Waals surface area contributed by atoms with Gasteiger partial charge in [0.2, 0.25) is 6.79 Å². The summed E-state index contributed by atoms with van der Waals surface area (Å²) in [5, 5.41) is 0. The molecule has 1 atom stereocenters. The SMILES string of the molecule is Cc1ncc2n1NC(OCOP(O)O)=NC2N. The molecule has 2 heterocycles. The van der Waals surface area contributed by atoms with Crippen LogP contribution in [0.4, 0.5) is 0 Å². The molecule has 0 fully saturated rings. The van der Waals surface area contributed by atoms with Crippen molar-refractivity contribution in [2.24, 2.45) is 10.7 Å². The molecule has 94 valence electrons. The van der Waals surface area contributed by atoms with Crippen LogP contribution in [-0.4, -0.2) is 32.3 Å². The first-order valence-electron chi connectivity index (χ1n) is 4.66. The third-order valence-corrected chi connectivity index (χ3v) is 2.43. The number of nitrogens with one attached hydrogen (secondary N) is 1. The van der Waals surface area contributed by atoms with Crippen LogP contribution >= 0.6 is 8.60 Å². The van der Waals surface area contributed by atoms with Gasteiger partial charge in [0.05, 0.1) is 11.9 Å². The fourth-order valence-corrected chi connectivity index (χ4v) is 1.48. The van der Waals surface area contributed by atoms with Crippen LogP contribution in [0.15, 0.2) is 11.2 Å². The van der Waals surface area contributed by atoms with Gasteiger partial charge in [-0.1, -0.05) is 0 Å². The van der Waals surface area contributed by atoms with Gasteiger partial charge in [0, 0.05) is 0 Å². The monoisotopic (exact) mass is 261 g/mol. The second kappa shape index (κ2) is 4.94. The number of rotatable bonds is 3. The minimum atomic E-state index is -2.45. The number of hydrogen-bond acceptors (Lipinski definition) is 8. The van der Waals surface area contributed by atoms with Crippen LogP contribution in [0.1, 0.15) is 17.7 Å². The van der Waals surface area contributed by atoms with E-state index in [-0.39, 0.29) is 12.8 Å². The zero-order valence-corrected chi connectivity index (χ0v) is 9.83. The Hall–Kier alpha value is -1.25. The number of aromatic nitrogens is 2. The van der Waals surface area contributed by atoms with Crippen molar-refractivity contribution in [3.05, 3.63) is 17.7 Å². The third kappa shape index (κ3) is 2.71. The molecular formula is C7H12N5O4P. The van der Waals surface area contributed by atoms with E-state index in [4.69, 9.17) is 20.3 Å². The second-order valence-electron chi connectivity index (χ2n) is 3.20. The van der Waals surface area contributed by atoms with E-state index >= 15 is 0 Å². The summed E-state index contributed by atoms with van der Waals surface area (Å²) in [7, 11) is -2.45. The van der Waals surface area contributed by atoms with Gasteiger partial charge < -0.3 is 20.3 Å². The van der Waals surface area contributed by atoms with Crippen LogP contribution < -0.4 is 11.2 Å². The highest BCUT2D eigenvalue weighted by molar-refractivity contribution is 7.39. The molecule has 1 aromatic rings. The van der Waals surface area contributed by atoms with Gasteiger partial charge in [0.15, 0.2) is 0 Å². The first-order valence-corrected chi connectivity index (χ1v) is 5.82. The number of imidazole rings is 1. The Kier molecular flexibility index (Phi) is 3.55. The van der Waals surface area contributed by atoms with Crippen molar-refractivity contribution in [2.45, 2.75) is 13.1 Å². The summed E-state index contributed by atoms with van der Waals surface area (Å²) < 4.78 is 11.1. The van der Waals surface area contributed by atoms with Crippen LogP contribution in [0, 0.1) is 6.92 Å². The predicted octanol–water partition coefficient (Wildman–Crippen LogP) is -0.736. The molecule has 1 unspecified atom stereocenters. The Balaban J connectivity index is 2.00. The van der Waals surface area contributed by atoms with Crippen LogP contribution in [0.3, 0.4) is 0 Å². The molecule has 2 rings (SSSR count). The van der Waals surface area contributed by atoms with E-state index in [1.165, 1.54) is 0 Å². The van der Waals surface area contributed by atoms with Crippen molar-refractivity contribution in [1.82, 2.24) is 9.66 Å². The number of nitrogens with zero attached hydrogens (tertiary/aromatic N) is 3. The maximum Gasteiger partial charge on any atom is 0.330 e. The van der Waals surface area contributed by atoms with Gasteiger partial charge in [-0.15, -0.1) is 0 Å². The number of aryl methyl sites for hydroxylation is 1. The Labute approximate surface area is 97.9 Å². The summed E-state index contributed by atoms with van der Waals surface area (Å²) in [5.74, 6) is 0.707. The molecule has 0 aliphatic carbocycles. The number of amidine groups is 1. The molecular weight excluding hydrogens is 249 g/mol. The van der Waals surface area contributed by atoms with Crippen molar-refractivity contribution in [1.29, 1.82) is 0 Å². The van der Waals surface area contributed by atoms with Gasteiger partial charge in [0.1, 0.15) is 12.0 Å². The lowest BCUT2D eigenvalue weighted by Gasteiger charge is -2.22. The largest absolute Gasteiger partial charge is 0.436 e. The number of fused-ring (bicyclic) bond motifs is 1. The highest BCUT2D eigenvalue weighted by Crippen LogP contribution is 2.24. The maximum absolute atomic E-state index is 8.52. The summed E-state index contributed by atoms with van der Waals surface area (Å²) in [5.41, 5.74) is 9.30. The lowest BCUT2D eigenvalue weighted by molar-refractivity contribution is 0.0927. The van der Waals surface area contributed by atoms with Gasteiger partial charge in [-0.2, -0.15) is 0 Å². The molecule has 1 aliphatic heterocycles. The lowest BCUT2D eigenvalue weighted by Crippen LogP contribution is -2.35. The number of nitrogens with two attached hydrogens (primary N) is 1. The average Bonchev–Trinajstić information content (AvgIpc) is 2.61. The van der Waals surface area contributed by atoms with E-state index < -0.39 is 14.8 Å². The summed E-state index contributed by atoms with van der Waals surface area (Å²) in [6.07, 6.45) is 1.03. The van der Waals surface area contributed by atoms with Crippen LogP contribution in [0.5, 0.6) is 0 Å². The van der Waals surface area contributed by atoms with Crippen molar-refractivity contribution in [3.8, 4) is 0 Å². The van der Waals surface area contributed by atoms with Gasteiger partial charge in [0.25, 0.3) is 0 Å². The van der Waals surface area contributed by atoms with E-state index in [9.17, 15) is 0 Å². The van der Waals surface area contributed by atoms with Gasteiger partial charge in [-0.05, 0) is 6.92 Å². The first-order chi connectivity index (χ1) is 8.08. The Morgan fingerprint density at radius 2 is 2.41 bits per heavy atom. The van der Waals surface area contributed by atoms with Crippen molar-refractivity contribution in [2.75, 3.05) is 12.2 Å². The fourth-order valence-electron chi connectivity index (χ4n) is 1.33. The normalized spacial score (nSPS) is 18.6. The smallest absolute Gasteiger partial charge is 0.330 e. The Bertz CT molecular complexity index is 434. The highest BCUT2D eigenvalue weighted by Gasteiger charge is 2.21. The molecule has 5 N–H and O–H groups in total. The first kappa shape index (κ1) is 12.2. The zero-order chi connectivity index (χ0) is 12.4. The van der Waals surface area contributed by atoms with Crippen LogP contribution in [0.2, 0.25) is 0 Å². The molecule has 0 amide bonds. The molecule has 0 aromatic carbocycles. The minimum Gasteiger partial charge on any atom is -0.436 e. The fraction of sp³-hybridized carbons (Fsp3) is 0.429. The van der Waals surface area contributed by atoms with Gasteiger partial charge in [-0.25, -0.2) is 20.1 Å². The van der Waals surface area contributed by atoms with E-state index in [1.54, 1.807) is 17.8 Å². The van der Waals surface area contributed by atoms with E-state index in [0.29, 0.717) is 11.5 Å². The molecule has 9 nitrogen and oxygen atoms in total. The summed E-state index contributed by atoms with van der Waals surface area (Å²) in [4.78, 5) is 25.1. The van der Waals surface area contributed by atoms with Gasteiger partial charge in [-0.3, -0.25) is 4.52 Å². The summed E-state index contributed by atoms with van der Waals surface area (Å²) >= 11 is 0. The highest BCUT2D eigenvalue weighted by atomic mass is 31.2. The van der Waals surface area contributed by atoms with Crippen LogP contribution in [-0.2, 0) is 9.26 Å². The van der Waals surface area contributed by atoms with E-state index in [0.717, 1.165) is 0 Å². The average molecular weight is 261 g/mol. The van der Waals surface area contributed by atoms with Crippen molar-refractivity contribution < 1.29 is 19.0 Å². The van der Waals surface area contributed by atoms with Gasteiger partial charge >= 0.3 is 14.6 Å². The minimum absolute atomic E-state index is 0.128. The molecule has 10 heteroatoms. The molecule has 0 radical (unpaired) electrons. The molecule has 1 aromatic heterocycles. The predicted molar refractivity (Wildman–Crippen MR) is 59.1 cm³/mol. The lowest BCUT2D eigenvalue weighted by atomic mass is 10.4. The maximum atomic E-state index is 8.52. The van der Waals surface area contributed by atoms with E-state index in [1.807, 2.05) is 0 Å². The van der Waals surface area contributed by atoms with Crippen molar-refractivity contribution >= 4 is 14.6 Å². The number of ether oxygens (including phenoxy) is 1. The topological polar surface area (TPSA) is 127 Å². The van der Waals surface area contributed by atoms with Crippen LogP contribution in [0.25, 0.3) is 0 Å². The molecule has 0 spiro atoms. The zero-order valence-electron chi connectivity index (χ0n) is 8.94. The number of aliphatic imine (C=N–C) groups is 1. The molecule has 0 bridgehead atoms. The number of hydrogen-bond donors (Lipinski definition) is 4. The second-order valence-corrected chi connectivity index (χ2v) is 3.96. The van der Waals surface area contributed by atoms with E-state index in [2.05, 4.69) is 19.9 Å². The standard InChI is InChI=1S/C7H12N5O4P/c1-4-9-2-5-6(8)10-7(11-12(4)5)15-3-16-17(13)14/h2,6,13-14H,3,8H2,1H3,(H,10,11). The molecule has 17 heavy (non-hydrogen) atoms. The molecule has 0 saturated carbocycles. The molecule has 1 aliphatic rings. The summed E-state index contributed by atoms with van der Waals surface area (Å²) in [6.45, 7) is 1.46. The molecule has 0 saturated heterocycles. The summed E-state index contributed by atoms with van der Waals surface area (Å²) in [6, 6.07) is 0.128. The third-order valence-electron chi connectivity index (χ3n) is 2.10. The van der Waals surface area contributed by atoms with Crippen molar-refractivity contribution in [3.63, 3.8) is 0 Å². The Morgan fingerprint density at radius 3 is 3.12 bits per heavy atom. The Morgan fingerprint density at radius 1 is 1.65 bits per heavy atom.